The minimum absolute atomic E-state index is 0.104. The average Bonchev–Trinajstić information content (AvgIpc) is 2.35. The van der Waals surface area contributed by atoms with Crippen LogP contribution in [0.3, 0.4) is 0 Å². The highest BCUT2D eigenvalue weighted by atomic mass is 32.2. The van der Waals surface area contributed by atoms with E-state index in [4.69, 9.17) is 5.11 Å². The minimum Gasteiger partial charge on any atom is -0.480 e. The van der Waals surface area contributed by atoms with Crippen molar-refractivity contribution in [3.05, 3.63) is 29.8 Å². The van der Waals surface area contributed by atoms with E-state index in [1.54, 1.807) is 24.3 Å². The van der Waals surface area contributed by atoms with Crippen LogP contribution in [0.2, 0.25) is 0 Å². The van der Waals surface area contributed by atoms with Gasteiger partial charge < -0.3 is 5.11 Å². The summed E-state index contributed by atoms with van der Waals surface area (Å²) < 4.78 is 0. The third-order valence-corrected chi connectivity index (χ3v) is 3.79. The number of Topliss-reactive ketones (excluding diaryl/α,β-unsaturated/α-hetero) is 1. The Morgan fingerprint density at radius 1 is 1.24 bits per heavy atom. The molecule has 0 amide bonds. The minimum atomic E-state index is -0.800. The van der Waals surface area contributed by atoms with E-state index in [0.717, 1.165) is 4.90 Å². The van der Waals surface area contributed by atoms with E-state index in [9.17, 15) is 9.59 Å². The number of benzene rings is 1. The van der Waals surface area contributed by atoms with Crippen molar-refractivity contribution in [1.82, 2.24) is 0 Å². The zero-order valence-corrected chi connectivity index (χ0v) is 10.8. The van der Waals surface area contributed by atoms with Crippen molar-refractivity contribution >= 4 is 23.5 Å². The molecule has 1 N–H and O–H groups in total. The summed E-state index contributed by atoms with van der Waals surface area (Å²) in [6.07, 6.45) is 1.06. The van der Waals surface area contributed by atoms with Crippen LogP contribution in [0.1, 0.15) is 37.0 Å². The summed E-state index contributed by atoms with van der Waals surface area (Å²) in [5.74, 6) is -0.696. The van der Waals surface area contributed by atoms with Crippen LogP contribution < -0.4 is 0 Å². The van der Waals surface area contributed by atoms with Gasteiger partial charge in [0.2, 0.25) is 0 Å². The summed E-state index contributed by atoms with van der Waals surface area (Å²) in [7, 11) is 0. The molecule has 1 unspecified atom stereocenters. The quantitative estimate of drug-likeness (QED) is 0.624. The van der Waals surface area contributed by atoms with Crippen LogP contribution >= 0.6 is 11.8 Å². The van der Waals surface area contributed by atoms with Gasteiger partial charge in [0.15, 0.2) is 5.78 Å². The van der Waals surface area contributed by atoms with Crippen molar-refractivity contribution in [2.75, 3.05) is 0 Å². The molecular formula is C13H16O3S. The van der Waals surface area contributed by atoms with Crippen LogP contribution in [0.4, 0.5) is 0 Å². The lowest BCUT2D eigenvalue weighted by atomic mass is 10.1. The van der Waals surface area contributed by atoms with Crippen LogP contribution in [0.15, 0.2) is 29.2 Å². The Balaban J connectivity index is 2.74. The molecule has 0 heterocycles. The molecule has 4 heteroatoms. The number of hydrogen-bond donors (Lipinski definition) is 1. The maximum atomic E-state index is 11.4. The van der Waals surface area contributed by atoms with Gasteiger partial charge in [0.05, 0.1) is 0 Å². The first-order chi connectivity index (χ1) is 8.08. The average molecular weight is 252 g/mol. The molecule has 0 spiro atoms. The zero-order chi connectivity index (χ0) is 12.8. The van der Waals surface area contributed by atoms with Crippen molar-refractivity contribution in [3.8, 4) is 0 Å². The van der Waals surface area contributed by atoms with Gasteiger partial charge >= 0.3 is 5.97 Å². The Labute approximate surface area is 105 Å². The van der Waals surface area contributed by atoms with Crippen molar-refractivity contribution in [1.29, 1.82) is 0 Å². The van der Waals surface area contributed by atoms with Crippen LogP contribution in [0, 0.1) is 0 Å². The molecule has 92 valence electrons. The third kappa shape index (κ3) is 3.89. The molecule has 0 radical (unpaired) electrons. The van der Waals surface area contributed by atoms with E-state index >= 15 is 0 Å². The van der Waals surface area contributed by atoms with Crippen LogP contribution in [0.25, 0.3) is 0 Å². The highest BCUT2D eigenvalue weighted by Gasteiger charge is 2.16. The summed E-state index contributed by atoms with van der Waals surface area (Å²) in [4.78, 5) is 23.2. The second-order valence-electron chi connectivity index (χ2n) is 3.65. The second kappa shape index (κ2) is 6.45. The fourth-order valence-electron chi connectivity index (χ4n) is 1.40. The number of rotatable bonds is 6. The fourth-order valence-corrected chi connectivity index (χ4v) is 2.29. The molecule has 0 aliphatic heterocycles. The molecule has 0 saturated heterocycles. The smallest absolute Gasteiger partial charge is 0.316 e. The summed E-state index contributed by atoms with van der Waals surface area (Å²) in [6, 6.07) is 7.11. The summed E-state index contributed by atoms with van der Waals surface area (Å²) >= 11 is 1.31. The Morgan fingerprint density at radius 2 is 1.82 bits per heavy atom. The van der Waals surface area contributed by atoms with Gasteiger partial charge in [-0.15, -0.1) is 11.8 Å². The predicted octanol–water partition coefficient (Wildman–Crippen LogP) is 3.23. The van der Waals surface area contributed by atoms with Crippen LogP contribution in [-0.2, 0) is 4.79 Å². The number of hydrogen-bond acceptors (Lipinski definition) is 3. The van der Waals surface area contributed by atoms with Gasteiger partial charge in [-0.3, -0.25) is 9.59 Å². The predicted molar refractivity (Wildman–Crippen MR) is 68.6 cm³/mol. The molecule has 0 aromatic heterocycles. The van der Waals surface area contributed by atoms with E-state index in [-0.39, 0.29) is 5.78 Å². The van der Waals surface area contributed by atoms with E-state index in [1.807, 2.05) is 13.8 Å². The lowest BCUT2D eigenvalue weighted by Gasteiger charge is -2.09. The number of carbonyl (C=O) groups is 2. The summed E-state index contributed by atoms with van der Waals surface area (Å²) in [6.45, 7) is 3.67. The van der Waals surface area contributed by atoms with Gasteiger partial charge in [-0.1, -0.05) is 26.0 Å². The molecule has 17 heavy (non-hydrogen) atoms. The highest BCUT2D eigenvalue weighted by molar-refractivity contribution is 8.00. The molecular weight excluding hydrogens is 236 g/mol. The number of aliphatic carboxylic acids is 1. The first-order valence-electron chi connectivity index (χ1n) is 5.61. The molecule has 0 fully saturated rings. The van der Waals surface area contributed by atoms with Gasteiger partial charge in [-0.25, -0.2) is 0 Å². The first-order valence-corrected chi connectivity index (χ1v) is 6.49. The standard InChI is InChI=1S/C13H16O3S/c1-3-11(14)9-5-7-10(8-6-9)17-12(4-2)13(15)16/h5-8,12H,3-4H2,1-2H3,(H,15,16). The molecule has 0 aliphatic carbocycles. The number of carboxylic acids is 1. The van der Waals surface area contributed by atoms with E-state index in [2.05, 4.69) is 0 Å². The monoisotopic (exact) mass is 252 g/mol. The van der Waals surface area contributed by atoms with E-state index < -0.39 is 11.2 Å². The van der Waals surface area contributed by atoms with Gasteiger partial charge in [0, 0.05) is 16.9 Å². The Morgan fingerprint density at radius 3 is 2.24 bits per heavy atom. The van der Waals surface area contributed by atoms with Crippen molar-refractivity contribution in [2.24, 2.45) is 0 Å². The molecule has 1 rings (SSSR count). The van der Waals surface area contributed by atoms with Crippen molar-refractivity contribution in [3.63, 3.8) is 0 Å². The van der Waals surface area contributed by atoms with Gasteiger partial charge in [0.25, 0.3) is 0 Å². The number of carbonyl (C=O) groups excluding carboxylic acids is 1. The van der Waals surface area contributed by atoms with E-state index in [0.29, 0.717) is 18.4 Å². The fraction of sp³-hybridized carbons (Fsp3) is 0.385. The molecule has 3 nitrogen and oxygen atoms in total. The second-order valence-corrected chi connectivity index (χ2v) is 4.93. The maximum Gasteiger partial charge on any atom is 0.316 e. The van der Waals surface area contributed by atoms with Gasteiger partial charge in [0.1, 0.15) is 5.25 Å². The third-order valence-electron chi connectivity index (χ3n) is 2.42. The maximum absolute atomic E-state index is 11.4. The molecule has 1 atom stereocenters. The Bertz CT molecular complexity index is 398. The van der Waals surface area contributed by atoms with Crippen LogP contribution in [0.5, 0.6) is 0 Å². The van der Waals surface area contributed by atoms with Gasteiger partial charge in [-0.2, -0.15) is 0 Å². The molecule has 0 aliphatic rings. The Hall–Kier alpha value is -1.29. The van der Waals surface area contributed by atoms with Crippen LogP contribution in [-0.4, -0.2) is 22.1 Å². The zero-order valence-electron chi connectivity index (χ0n) is 9.97. The molecule has 1 aromatic carbocycles. The number of thioether (sulfide) groups is 1. The Kier molecular flexibility index (Phi) is 5.22. The van der Waals surface area contributed by atoms with Gasteiger partial charge in [-0.05, 0) is 18.6 Å². The van der Waals surface area contributed by atoms with Crippen molar-refractivity contribution in [2.45, 2.75) is 36.8 Å². The first kappa shape index (κ1) is 13.8. The topological polar surface area (TPSA) is 54.4 Å². The van der Waals surface area contributed by atoms with E-state index in [1.165, 1.54) is 11.8 Å². The molecule has 1 aromatic rings. The lowest BCUT2D eigenvalue weighted by molar-refractivity contribution is -0.136. The molecule has 0 saturated carbocycles. The lowest BCUT2D eigenvalue weighted by Crippen LogP contribution is -2.14. The molecule has 0 bridgehead atoms. The summed E-state index contributed by atoms with van der Waals surface area (Å²) in [5, 5.41) is 8.51. The summed E-state index contributed by atoms with van der Waals surface area (Å²) in [5.41, 5.74) is 0.681. The normalized spacial score (nSPS) is 12.1. The number of carboxylic acid groups (broad SMARTS) is 1. The largest absolute Gasteiger partial charge is 0.480 e. The number of ketones is 1. The SMILES string of the molecule is CCC(=O)c1ccc(SC(CC)C(=O)O)cc1. The highest BCUT2D eigenvalue weighted by Crippen LogP contribution is 2.26. The van der Waals surface area contributed by atoms with Crippen molar-refractivity contribution < 1.29 is 14.7 Å².